The van der Waals surface area contributed by atoms with Crippen molar-refractivity contribution < 1.29 is 4.79 Å². The molecule has 0 aromatic heterocycles. The van der Waals surface area contributed by atoms with Crippen LogP contribution in [-0.4, -0.2) is 37.0 Å². The Bertz CT molecular complexity index is 628. The smallest absolute Gasteiger partial charge is 0.248 e. The molecule has 1 saturated heterocycles. The predicted octanol–water partition coefficient (Wildman–Crippen LogP) is 1.86. The highest BCUT2D eigenvalue weighted by Crippen LogP contribution is 2.21. The van der Waals surface area contributed by atoms with Crippen LogP contribution in [0.15, 0.2) is 48.5 Å². The molecule has 4 heteroatoms. The van der Waals surface area contributed by atoms with Gasteiger partial charge in [0.05, 0.1) is 0 Å². The number of carbonyl (C=O) groups is 1. The average Bonchev–Trinajstić information content (AvgIpc) is 2.57. The van der Waals surface area contributed by atoms with Gasteiger partial charge in [-0.15, -0.1) is 0 Å². The van der Waals surface area contributed by atoms with E-state index in [0.29, 0.717) is 5.56 Å². The van der Waals surface area contributed by atoms with Crippen molar-refractivity contribution in [1.82, 2.24) is 10.2 Å². The van der Waals surface area contributed by atoms with Crippen molar-refractivity contribution in [3.05, 3.63) is 59.7 Å². The summed E-state index contributed by atoms with van der Waals surface area (Å²) in [7, 11) is 0. The lowest BCUT2D eigenvalue weighted by Gasteiger charge is -2.27. The molecular weight excluding hydrogens is 274 g/mol. The van der Waals surface area contributed by atoms with Crippen LogP contribution in [0.1, 0.15) is 15.9 Å². The number of carbonyl (C=O) groups excluding carboxylic acids is 1. The first-order chi connectivity index (χ1) is 10.7. The molecule has 4 nitrogen and oxygen atoms in total. The van der Waals surface area contributed by atoms with Crippen LogP contribution in [0.4, 0.5) is 0 Å². The summed E-state index contributed by atoms with van der Waals surface area (Å²) in [4.78, 5) is 13.6. The number of hydrogen-bond donors (Lipinski definition) is 2. The number of rotatable bonds is 4. The summed E-state index contributed by atoms with van der Waals surface area (Å²) in [5.74, 6) is -0.391. The van der Waals surface area contributed by atoms with Crippen LogP contribution < -0.4 is 11.1 Å². The van der Waals surface area contributed by atoms with Gasteiger partial charge in [-0.3, -0.25) is 9.69 Å². The Morgan fingerprint density at radius 1 is 0.955 bits per heavy atom. The van der Waals surface area contributed by atoms with E-state index in [1.54, 1.807) is 12.1 Å². The van der Waals surface area contributed by atoms with Crippen molar-refractivity contribution in [3.63, 3.8) is 0 Å². The van der Waals surface area contributed by atoms with Crippen LogP contribution in [0.5, 0.6) is 0 Å². The zero-order valence-corrected chi connectivity index (χ0v) is 12.6. The van der Waals surface area contributed by atoms with Crippen LogP contribution in [0, 0.1) is 0 Å². The zero-order valence-electron chi connectivity index (χ0n) is 12.6. The van der Waals surface area contributed by atoms with E-state index in [9.17, 15) is 4.79 Å². The summed E-state index contributed by atoms with van der Waals surface area (Å²) < 4.78 is 0. The molecule has 1 amide bonds. The van der Waals surface area contributed by atoms with E-state index in [0.717, 1.165) is 43.9 Å². The second-order valence-electron chi connectivity index (χ2n) is 5.66. The van der Waals surface area contributed by atoms with E-state index < -0.39 is 5.91 Å². The average molecular weight is 295 g/mol. The fourth-order valence-corrected chi connectivity index (χ4v) is 2.76. The standard InChI is InChI=1S/C18H21N3O/c19-18(22)17-7-5-16(6-8-17)15-3-1-14(2-4-15)13-21-11-9-20-10-12-21/h1-8,20H,9-13H2,(H2,19,22). The van der Waals surface area contributed by atoms with Crippen LogP contribution in [0.3, 0.4) is 0 Å². The van der Waals surface area contributed by atoms with Crippen LogP contribution >= 0.6 is 0 Å². The number of benzene rings is 2. The molecule has 1 fully saturated rings. The summed E-state index contributed by atoms with van der Waals surface area (Å²) >= 11 is 0. The van der Waals surface area contributed by atoms with Gasteiger partial charge >= 0.3 is 0 Å². The molecular formula is C18H21N3O. The Kier molecular flexibility index (Phi) is 4.51. The van der Waals surface area contributed by atoms with Gasteiger partial charge in [0.1, 0.15) is 0 Å². The maximum Gasteiger partial charge on any atom is 0.248 e. The van der Waals surface area contributed by atoms with Gasteiger partial charge < -0.3 is 11.1 Å². The highest BCUT2D eigenvalue weighted by atomic mass is 16.1. The van der Waals surface area contributed by atoms with Gasteiger partial charge in [-0.25, -0.2) is 0 Å². The van der Waals surface area contributed by atoms with E-state index >= 15 is 0 Å². The van der Waals surface area contributed by atoms with Crippen LogP contribution in [0.2, 0.25) is 0 Å². The first kappa shape index (κ1) is 14.8. The number of amides is 1. The van der Waals surface area contributed by atoms with Gasteiger partial charge in [0, 0.05) is 38.3 Å². The quantitative estimate of drug-likeness (QED) is 0.905. The number of nitrogens with two attached hydrogens (primary N) is 1. The first-order valence-corrected chi connectivity index (χ1v) is 7.64. The number of piperazine rings is 1. The molecule has 1 aliphatic rings. The molecule has 0 saturated carbocycles. The molecule has 0 spiro atoms. The van der Waals surface area contributed by atoms with Crippen molar-refractivity contribution in [2.75, 3.05) is 26.2 Å². The SMILES string of the molecule is NC(=O)c1ccc(-c2ccc(CN3CCNCC3)cc2)cc1. The van der Waals surface area contributed by atoms with Crippen LogP contribution in [0.25, 0.3) is 11.1 Å². The molecule has 2 aromatic rings. The molecule has 0 atom stereocenters. The van der Waals surface area contributed by atoms with E-state index in [1.165, 1.54) is 5.56 Å². The van der Waals surface area contributed by atoms with E-state index in [4.69, 9.17) is 5.73 Å². The van der Waals surface area contributed by atoms with E-state index in [1.807, 2.05) is 12.1 Å². The number of hydrogen-bond acceptors (Lipinski definition) is 3. The molecule has 2 aromatic carbocycles. The molecule has 0 radical (unpaired) electrons. The molecule has 114 valence electrons. The second-order valence-corrected chi connectivity index (χ2v) is 5.66. The predicted molar refractivity (Wildman–Crippen MR) is 88.5 cm³/mol. The Morgan fingerprint density at radius 2 is 1.50 bits per heavy atom. The summed E-state index contributed by atoms with van der Waals surface area (Å²) in [6.45, 7) is 5.36. The number of nitrogens with zero attached hydrogens (tertiary/aromatic N) is 1. The molecule has 3 N–H and O–H groups in total. The first-order valence-electron chi connectivity index (χ1n) is 7.64. The minimum Gasteiger partial charge on any atom is -0.366 e. The molecule has 0 aliphatic carbocycles. The van der Waals surface area contributed by atoms with Crippen molar-refractivity contribution in [2.24, 2.45) is 5.73 Å². The van der Waals surface area contributed by atoms with E-state index in [2.05, 4.69) is 34.5 Å². The third-order valence-corrected chi connectivity index (χ3v) is 4.07. The Hall–Kier alpha value is -2.17. The van der Waals surface area contributed by atoms with Crippen LogP contribution in [-0.2, 0) is 6.54 Å². The van der Waals surface area contributed by atoms with Crippen molar-refractivity contribution in [3.8, 4) is 11.1 Å². The Morgan fingerprint density at radius 3 is 2.05 bits per heavy atom. The minimum absolute atomic E-state index is 0.391. The summed E-state index contributed by atoms with van der Waals surface area (Å²) in [5, 5.41) is 3.37. The summed E-state index contributed by atoms with van der Waals surface area (Å²) in [6, 6.07) is 16.0. The lowest BCUT2D eigenvalue weighted by molar-refractivity contribution is 0.100. The van der Waals surface area contributed by atoms with Crippen molar-refractivity contribution in [1.29, 1.82) is 0 Å². The topological polar surface area (TPSA) is 58.4 Å². The van der Waals surface area contributed by atoms with Gasteiger partial charge in [-0.1, -0.05) is 36.4 Å². The normalized spacial score (nSPS) is 15.6. The highest BCUT2D eigenvalue weighted by Gasteiger charge is 2.09. The maximum atomic E-state index is 11.1. The van der Waals surface area contributed by atoms with Gasteiger partial charge in [-0.2, -0.15) is 0 Å². The van der Waals surface area contributed by atoms with Gasteiger partial charge in [0.15, 0.2) is 0 Å². The molecule has 0 bridgehead atoms. The monoisotopic (exact) mass is 295 g/mol. The van der Waals surface area contributed by atoms with Gasteiger partial charge in [0.2, 0.25) is 5.91 Å². The molecule has 1 heterocycles. The third kappa shape index (κ3) is 3.53. The molecule has 3 rings (SSSR count). The van der Waals surface area contributed by atoms with E-state index in [-0.39, 0.29) is 0 Å². The molecule has 0 unspecified atom stereocenters. The maximum absolute atomic E-state index is 11.1. The molecule has 1 aliphatic heterocycles. The summed E-state index contributed by atoms with van der Waals surface area (Å²) in [6.07, 6.45) is 0. The largest absolute Gasteiger partial charge is 0.366 e. The Balaban J connectivity index is 1.69. The van der Waals surface area contributed by atoms with Gasteiger partial charge in [-0.05, 0) is 28.8 Å². The Labute approximate surface area is 130 Å². The fraction of sp³-hybridized carbons (Fsp3) is 0.278. The number of primary amides is 1. The zero-order chi connectivity index (χ0) is 15.4. The lowest BCUT2D eigenvalue weighted by Crippen LogP contribution is -2.42. The summed E-state index contributed by atoms with van der Waals surface area (Å²) in [5.41, 5.74) is 9.39. The minimum atomic E-state index is -0.391. The molecule has 22 heavy (non-hydrogen) atoms. The number of nitrogens with one attached hydrogen (secondary N) is 1. The van der Waals surface area contributed by atoms with Gasteiger partial charge in [0.25, 0.3) is 0 Å². The highest BCUT2D eigenvalue weighted by molar-refractivity contribution is 5.93. The third-order valence-electron chi connectivity index (χ3n) is 4.07. The van der Waals surface area contributed by atoms with Crippen molar-refractivity contribution >= 4 is 5.91 Å². The fourth-order valence-electron chi connectivity index (χ4n) is 2.76. The second kappa shape index (κ2) is 6.73. The lowest BCUT2D eigenvalue weighted by atomic mass is 10.0. The van der Waals surface area contributed by atoms with Crippen molar-refractivity contribution in [2.45, 2.75) is 6.54 Å².